The second kappa shape index (κ2) is 8.30. The van der Waals surface area contributed by atoms with E-state index >= 15 is 0 Å². The van der Waals surface area contributed by atoms with Crippen LogP contribution >= 0.6 is 0 Å². The third kappa shape index (κ3) is 5.54. The lowest BCUT2D eigenvalue weighted by molar-refractivity contribution is 0.415. The lowest BCUT2D eigenvalue weighted by atomic mass is 9.85. The standard InChI is InChI=1S/C22H25NO/c1-22(2,3)19(16-17-23-20-8-6-5-7-9-20)13-10-18-11-14-21(24-4)15-12-18/h5-17H,1-4H3/b13-10+,19-16+,23-17?. The summed E-state index contributed by atoms with van der Waals surface area (Å²) in [5.74, 6) is 0.869. The Morgan fingerprint density at radius 2 is 1.62 bits per heavy atom. The first-order chi connectivity index (χ1) is 11.5. The van der Waals surface area contributed by atoms with Crippen LogP contribution in [0.4, 0.5) is 5.69 Å². The van der Waals surface area contributed by atoms with E-state index in [0.717, 1.165) is 17.0 Å². The molecule has 0 spiro atoms. The molecule has 0 saturated heterocycles. The molecule has 124 valence electrons. The fourth-order valence-corrected chi connectivity index (χ4v) is 2.17. The summed E-state index contributed by atoms with van der Waals surface area (Å²) in [7, 11) is 1.68. The third-order valence-corrected chi connectivity index (χ3v) is 3.67. The van der Waals surface area contributed by atoms with Crippen molar-refractivity contribution in [2.45, 2.75) is 20.8 Å². The average molecular weight is 319 g/mol. The second-order valence-corrected chi connectivity index (χ2v) is 6.59. The Balaban J connectivity index is 2.17. The van der Waals surface area contributed by atoms with E-state index in [2.05, 4.69) is 44.0 Å². The molecule has 0 aliphatic rings. The molecule has 0 aliphatic carbocycles. The molecule has 2 rings (SSSR count). The largest absolute Gasteiger partial charge is 0.497 e. The Labute approximate surface area is 145 Å². The minimum absolute atomic E-state index is 0.0473. The Morgan fingerprint density at radius 1 is 0.958 bits per heavy atom. The molecule has 0 amide bonds. The predicted molar refractivity (Wildman–Crippen MR) is 104 cm³/mol. The molecule has 0 bridgehead atoms. The molecule has 2 aromatic rings. The molecule has 2 nitrogen and oxygen atoms in total. The van der Waals surface area contributed by atoms with Gasteiger partial charge in [-0.15, -0.1) is 0 Å². The van der Waals surface area contributed by atoms with Crippen LogP contribution in [0.2, 0.25) is 0 Å². The van der Waals surface area contributed by atoms with E-state index in [0.29, 0.717) is 0 Å². The molecule has 0 N–H and O–H groups in total. The number of methoxy groups -OCH3 is 1. The topological polar surface area (TPSA) is 21.6 Å². The van der Waals surface area contributed by atoms with Crippen molar-refractivity contribution in [3.8, 4) is 5.75 Å². The predicted octanol–water partition coefficient (Wildman–Crippen LogP) is 6.08. The number of para-hydroxylation sites is 1. The summed E-state index contributed by atoms with van der Waals surface area (Å²) in [5.41, 5.74) is 3.37. The lowest BCUT2D eigenvalue weighted by Crippen LogP contribution is -2.07. The summed E-state index contributed by atoms with van der Waals surface area (Å²) in [6.45, 7) is 6.61. The fourth-order valence-electron chi connectivity index (χ4n) is 2.17. The van der Waals surface area contributed by atoms with Gasteiger partial charge < -0.3 is 4.74 Å². The Morgan fingerprint density at radius 3 is 2.21 bits per heavy atom. The summed E-state index contributed by atoms with van der Waals surface area (Å²) in [4.78, 5) is 4.49. The number of hydrogen-bond donors (Lipinski definition) is 0. The minimum Gasteiger partial charge on any atom is -0.497 e. The fraction of sp³-hybridized carbons (Fsp3) is 0.227. The Kier molecular flexibility index (Phi) is 6.14. The van der Waals surface area contributed by atoms with Crippen molar-refractivity contribution >= 4 is 18.0 Å². The summed E-state index contributed by atoms with van der Waals surface area (Å²) in [6, 6.07) is 18.0. The summed E-state index contributed by atoms with van der Waals surface area (Å²) >= 11 is 0. The van der Waals surface area contributed by atoms with E-state index in [1.165, 1.54) is 5.57 Å². The highest BCUT2D eigenvalue weighted by Crippen LogP contribution is 2.27. The molecule has 0 aliphatic heterocycles. The molecule has 0 aromatic heterocycles. The Hall–Kier alpha value is -2.61. The number of hydrogen-bond acceptors (Lipinski definition) is 2. The highest BCUT2D eigenvalue weighted by atomic mass is 16.5. The summed E-state index contributed by atoms with van der Waals surface area (Å²) in [6.07, 6.45) is 8.22. The van der Waals surface area contributed by atoms with Crippen LogP contribution in [0.1, 0.15) is 26.3 Å². The van der Waals surface area contributed by atoms with E-state index in [1.54, 1.807) is 7.11 Å². The first kappa shape index (κ1) is 17.7. The molecule has 0 fully saturated rings. The quantitative estimate of drug-likeness (QED) is 0.483. The molecular formula is C22H25NO. The van der Waals surface area contributed by atoms with Gasteiger partial charge in [0.25, 0.3) is 0 Å². The van der Waals surface area contributed by atoms with Gasteiger partial charge in [0.1, 0.15) is 5.75 Å². The SMILES string of the molecule is COc1ccc(/C=C/C(=C\C=Nc2ccccc2)C(C)(C)C)cc1. The van der Waals surface area contributed by atoms with Gasteiger partial charge in [-0.25, -0.2) is 0 Å². The van der Waals surface area contributed by atoms with Gasteiger partial charge in [-0.1, -0.05) is 63.3 Å². The third-order valence-electron chi connectivity index (χ3n) is 3.67. The molecule has 2 aromatic carbocycles. The van der Waals surface area contributed by atoms with Gasteiger partial charge in [0.05, 0.1) is 12.8 Å². The van der Waals surface area contributed by atoms with Gasteiger partial charge in [-0.05, 0) is 46.9 Å². The first-order valence-corrected chi connectivity index (χ1v) is 8.11. The number of allylic oxidation sites excluding steroid dienone is 3. The first-order valence-electron chi connectivity index (χ1n) is 8.11. The maximum atomic E-state index is 5.19. The Bertz CT molecular complexity index is 717. The van der Waals surface area contributed by atoms with Gasteiger partial charge >= 0.3 is 0 Å². The maximum absolute atomic E-state index is 5.19. The average Bonchev–Trinajstić information content (AvgIpc) is 2.58. The number of aliphatic imine (C=N–C) groups is 1. The molecule has 0 saturated carbocycles. The van der Waals surface area contributed by atoms with Crippen molar-refractivity contribution in [1.82, 2.24) is 0 Å². The van der Waals surface area contributed by atoms with Crippen LogP contribution in [0.25, 0.3) is 6.08 Å². The van der Waals surface area contributed by atoms with Gasteiger partial charge in [-0.3, -0.25) is 4.99 Å². The molecule has 0 atom stereocenters. The van der Waals surface area contributed by atoms with Crippen molar-refractivity contribution in [3.63, 3.8) is 0 Å². The normalized spacial score (nSPS) is 12.9. The van der Waals surface area contributed by atoms with Gasteiger partial charge in [-0.2, -0.15) is 0 Å². The van der Waals surface area contributed by atoms with E-state index < -0.39 is 0 Å². The van der Waals surface area contributed by atoms with Crippen LogP contribution in [-0.2, 0) is 0 Å². The van der Waals surface area contributed by atoms with Gasteiger partial charge in [0, 0.05) is 6.21 Å². The van der Waals surface area contributed by atoms with E-state index in [9.17, 15) is 0 Å². The lowest BCUT2D eigenvalue weighted by Gasteiger charge is -2.19. The second-order valence-electron chi connectivity index (χ2n) is 6.59. The van der Waals surface area contributed by atoms with Crippen molar-refractivity contribution in [3.05, 3.63) is 77.9 Å². The van der Waals surface area contributed by atoms with Crippen molar-refractivity contribution in [1.29, 1.82) is 0 Å². The van der Waals surface area contributed by atoms with Gasteiger partial charge in [0.2, 0.25) is 0 Å². The molecule has 0 radical (unpaired) electrons. The maximum Gasteiger partial charge on any atom is 0.118 e. The molecule has 24 heavy (non-hydrogen) atoms. The number of rotatable bonds is 5. The van der Waals surface area contributed by atoms with Crippen molar-refractivity contribution in [2.75, 3.05) is 7.11 Å². The van der Waals surface area contributed by atoms with Crippen LogP contribution in [0.15, 0.2) is 77.3 Å². The molecular weight excluding hydrogens is 294 g/mol. The zero-order chi connectivity index (χ0) is 17.4. The molecule has 2 heteroatoms. The van der Waals surface area contributed by atoms with Crippen LogP contribution in [0.3, 0.4) is 0 Å². The number of nitrogens with zero attached hydrogens (tertiary/aromatic N) is 1. The van der Waals surface area contributed by atoms with E-state index in [1.807, 2.05) is 60.8 Å². The number of benzene rings is 2. The highest BCUT2D eigenvalue weighted by Gasteiger charge is 2.13. The van der Waals surface area contributed by atoms with Crippen LogP contribution < -0.4 is 4.74 Å². The molecule has 0 heterocycles. The van der Waals surface area contributed by atoms with Crippen LogP contribution in [-0.4, -0.2) is 13.3 Å². The zero-order valence-corrected chi connectivity index (χ0v) is 14.9. The molecule has 0 unspecified atom stereocenters. The summed E-state index contributed by atoms with van der Waals surface area (Å²) in [5, 5.41) is 0. The smallest absolute Gasteiger partial charge is 0.118 e. The van der Waals surface area contributed by atoms with Crippen LogP contribution in [0.5, 0.6) is 5.75 Å². The van der Waals surface area contributed by atoms with Crippen molar-refractivity contribution < 1.29 is 4.74 Å². The van der Waals surface area contributed by atoms with Crippen LogP contribution in [0, 0.1) is 5.41 Å². The monoisotopic (exact) mass is 319 g/mol. The minimum atomic E-state index is 0.0473. The van der Waals surface area contributed by atoms with Crippen molar-refractivity contribution in [2.24, 2.45) is 10.4 Å². The highest BCUT2D eigenvalue weighted by molar-refractivity contribution is 5.77. The number of ether oxygens (including phenoxy) is 1. The van der Waals surface area contributed by atoms with Gasteiger partial charge in [0.15, 0.2) is 0 Å². The zero-order valence-electron chi connectivity index (χ0n) is 14.9. The summed E-state index contributed by atoms with van der Waals surface area (Å²) < 4.78 is 5.19. The van der Waals surface area contributed by atoms with E-state index in [4.69, 9.17) is 4.74 Å². The van der Waals surface area contributed by atoms with E-state index in [-0.39, 0.29) is 5.41 Å².